The third-order valence-corrected chi connectivity index (χ3v) is 5.78. The predicted octanol–water partition coefficient (Wildman–Crippen LogP) is 3.24. The maximum Gasteiger partial charge on any atom is 0.255 e. The number of hydrogen-bond donors (Lipinski definition) is 1. The van der Waals surface area contributed by atoms with Crippen molar-refractivity contribution < 1.29 is 14.3 Å². The molecule has 2 aromatic carbocycles. The molecule has 0 saturated carbocycles. The summed E-state index contributed by atoms with van der Waals surface area (Å²) in [4.78, 5) is 17.4. The molecule has 0 unspecified atom stereocenters. The first-order valence-electron chi connectivity index (χ1n) is 10.8. The number of carbonyl (C=O) groups excluding carboxylic acids is 1. The van der Waals surface area contributed by atoms with Gasteiger partial charge in [-0.3, -0.25) is 9.69 Å². The van der Waals surface area contributed by atoms with Gasteiger partial charge in [0, 0.05) is 44.0 Å². The summed E-state index contributed by atoms with van der Waals surface area (Å²) in [7, 11) is 2.14. The maximum atomic E-state index is 12.7. The van der Waals surface area contributed by atoms with Gasteiger partial charge in [-0.25, -0.2) is 0 Å². The van der Waals surface area contributed by atoms with Crippen LogP contribution in [0.3, 0.4) is 0 Å². The van der Waals surface area contributed by atoms with Crippen LogP contribution in [0.4, 0.5) is 5.69 Å². The number of ether oxygens (including phenoxy) is 2. The van der Waals surface area contributed by atoms with E-state index in [4.69, 9.17) is 9.47 Å². The van der Waals surface area contributed by atoms with E-state index in [1.807, 2.05) is 42.5 Å². The maximum absolute atomic E-state index is 12.7. The Morgan fingerprint density at radius 3 is 2.53 bits per heavy atom. The molecule has 1 N–H and O–H groups in total. The zero-order chi connectivity index (χ0) is 20.8. The number of benzene rings is 2. The van der Waals surface area contributed by atoms with E-state index in [0.717, 1.165) is 75.8 Å². The number of carbonyl (C=O) groups is 1. The largest absolute Gasteiger partial charge is 0.490 e. The molecule has 0 aromatic heterocycles. The number of nitrogens with zero attached hydrogens (tertiary/aromatic N) is 2. The Morgan fingerprint density at radius 2 is 1.80 bits per heavy atom. The lowest BCUT2D eigenvalue weighted by molar-refractivity contribution is 0.0342. The molecule has 0 aliphatic carbocycles. The van der Waals surface area contributed by atoms with E-state index < -0.39 is 0 Å². The molecule has 1 amide bonds. The van der Waals surface area contributed by atoms with Crippen LogP contribution in [0.25, 0.3) is 0 Å². The lowest BCUT2D eigenvalue weighted by atomic mass is 10.1. The minimum atomic E-state index is -0.0946. The fourth-order valence-electron chi connectivity index (χ4n) is 3.94. The van der Waals surface area contributed by atoms with Crippen molar-refractivity contribution in [2.45, 2.75) is 25.5 Å². The van der Waals surface area contributed by atoms with E-state index in [1.54, 1.807) is 0 Å². The molecule has 2 heterocycles. The van der Waals surface area contributed by atoms with E-state index in [0.29, 0.717) is 5.56 Å². The zero-order valence-corrected chi connectivity index (χ0v) is 17.7. The lowest BCUT2D eigenvalue weighted by Crippen LogP contribution is -2.35. The second kappa shape index (κ2) is 10.1. The second-order valence-corrected chi connectivity index (χ2v) is 8.19. The van der Waals surface area contributed by atoms with Crippen molar-refractivity contribution in [3.8, 4) is 5.75 Å². The van der Waals surface area contributed by atoms with Gasteiger partial charge < -0.3 is 19.7 Å². The Bertz CT molecular complexity index is 826. The summed E-state index contributed by atoms with van der Waals surface area (Å²) in [5.74, 6) is 0.762. The van der Waals surface area contributed by atoms with Gasteiger partial charge in [0.25, 0.3) is 5.91 Å². The van der Waals surface area contributed by atoms with Crippen LogP contribution in [0.2, 0.25) is 0 Å². The van der Waals surface area contributed by atoms with Crippen LogP contribution in [0.5, 0.6) is 5.75 Å². The number of anilines is 1. The Balaban J connectivity index is 1.31. The molecule has 0 spiro atoms. The quantitative estimate of drug-likeness (QED) is 0.794. The highest BCUT2D eigenvalue weighted by atomic mass is 16.5. The van der Waals surface area contributed by atoms with Gasteiger partial charge in [-0.15, -0.1) is 0 Å². The van der Waals surface area contributed by atoms with Crippen molar-refractivity contribution >= 4 is 11.6 Å². The van der Waals surface area contributed by atoms with E-state index in [2.05, 4.69) is 28.2 Å². The fraction of sp³-hybridized carbons (Fsp3) is 0.458. The van der Waals surface area contributed by atoms with Gasteiger partial charge >= 0.3 is 0 Å². The van der Waals surface area contributed by atoms with Crippen molar-refractivity contribution in [1.82, 2.24) is 9.80 Å². The van der Waals surface area contributed by atoms with E-state index in [1.165, 1.54) is 0 Å². The molecular weight excluding hydrogens is 378 g/mol. The second-order valence-electron chi connectivity index (χ2n) is 8.19. The van der Waals surface area contributed by atoms with Crippen LogP contribution >= 0.6 is 0 Å². The minimum absolute atomic E-state index is 0.0946. The van der Waals surface area contributed by atoms with Crippen molar-refractivity contribution in [2.75, 3.05) is 51.8 Å². The summed E-state index contributed by atoms with van der Waals surface area (Å²) in [6.07, 6.45) is 2.38. The monoisotopic (exact) mass is 409 g/mol. The van der Waals surface area contributed by atoms with Gasteiger partial charge in [0.15, 0.2) is 0 Å². The van der Waals surface area contributed by atoms with E-state index in [9.17, 15) is 4.79 Å². The normalized spacial score (nSPS) is 18.8. The first kappa shape index (κ1) is 20.8. The molecule has 2 fully saturated rings. The molecule has 0 radical (unpaired) electrons. The smallest absolute Gasteiger partial charge is 0.255 e. The van der Waals surface area contributed by atoms with Crippen molar-refractivity contribution in [2.24, 2.45) is 0 Å². The number of likely N-dealkylation sites (tertiary alicyclic amines) is 1. The number of nitrogens with one attached hydrogen (secondary N) is 1. The number of amides is 1. The van der Waals surface area contributed by atoms with Gasteiger partial charge in [-0.1, -0.05) is 12.1 Å². The van der Waals surface area contributed by atoms with Crippen LogP contribution in [0, 0.1) is 0 Å². The molecule has 2 saturated heterocycles. The fourth-order valence-corrected chi connectivity index (χ4v) is 3.94. The van der Waals surface area contributed by atoms with Crippen LogP contribution in [-0.4, -0.2) is 68.3 Å². The third-order valence-electron chi connectivity index (χ3n) is 5.78. The molecule has 160 valence electrons. The Labute approximate surface area is 178 Å². The highest BCUT2D eigenvalue weighted by Gasteiger charge is 2.18. The molecule has 2 aliphatic rings. The average Bonchev–Trinajstić information content (AvgIpc) is 2.77. The molecule has 30 heavy (non-hydrogen) atoms. The van der Waals surface area contributed by atoms with Crippen LogP contribution in [0.1, 0.15) is 28.8 Å². The van der Waals surface area contributed by atoms with Crippen LogP contribution < -0.4 is 10.1 Å². The standard InChI is InChI=1S/C24H31N3O3/c1-26-11-9-23(10-12-26)30-22-7-5-21(6-8-22)25-24(28)20-4-2-3-19(17-20)18-27-13-15-29-16-14-27/h2-8,17,23H,9-16,18H2,1H3,(H,25,28). The van der Waals surface area contributed by atoms with Gasteiger partial charge in [-0.05, 0) is 61.9 Å². The predicted molar refractivity (Wildman–Crippen MR) is 118 cm³/mol. The summed E-state index contributed by atoms with van der Waals surface area (Å²) in [6, 6.07) is 15.5. The average molecular weight is 410 g/mol. The molecule has 2 aromatic rings. The van der Waals surface area contributed by atoms with Gasteiger partial charge in [-0.2, -0.15) is 0 Å². The molecule has 6 heteroatoms. The molecule has 4 rings (SSSR count). The zero-order valence-electron chi connectivity index (χ0n) is 17.7. The van der Waals surface area contributed by atoms with Crippen LogP contribution in [-0.2, 0) is 11.3 Å². The number of rotatable bonds is 6. The highest BCUT2D eigenvalue weighted by Crippen LogP contribution is 2.21. The summed E-state index contributed by atoms with van der Waals surface area (Å²) in [5, 5.41) is 2.99. The first-order chi connectivity index (χ1) is 14.7. The summed E-state index contributed by atoms with van der Waals surface area (Å²) >= 11 is 0. The van der Waals surface area contributed by atoms with Gasteiger partial charge in [0.05, 0.1) is 13.2 Å². The number of hydrogen-bond acceptors (Lipinski definition) is 5. The third kappa shape index (κ3) is 5.81. The number of piperidine rings is 1. The Hall–Kier alpha value is -2.41. The van der Waals surface area contributed by atoms with Crippen LogP contribution in [0.15, 0.2) is 48.5 Å². The first-order valence-corrected chi connectivity index (χ1v) is 10.8. The van der Waals surface area contributed by atoms with Crippen molar-refractivity contribution in [3.63, 3.8) is 0 Å². The Kier molecular flexibility index (Phi) is 7.00. The minimum Gasteiger partial charge on any atom is -0.490 e. The van der Waals surface area contributed by atoms with Crippen molar-refractivity contribution in [3.05, 3.63) is 59.7 Å². The van der Waals surface area contributed by atoms with E-state index in [-0.39, 0.29) is 12.0 Å². The SMILES string of the molecule is CN1CCC(Oc2ccc(NC(=O)c3cccc(CN4CCOCC4)c3)cc2)CC1. The summed E-state index contributed by atoms with van der Waals surface area (Å²) in [6.45, 7) is 6.40. The van der Waals surface area contributed by atoms with E-state index >= 15 is 0 Å². The molecule has 0 bridgehead atoms. The summed E-state index contributed by atoms with van der Waals surface area (Å²) in [5.41, 5.74) is 2.59. The van der Waals surface area contributed by atoms with Crippen molar-refractivity contribution in [1.29, 1.82) is 0 Å². The number of morpholine rings is 1. The molecule has 6 nitrogen and oxygen atoms in total. The molecular formula is C24H31N3O3. The summed E-state index contributed by atoms with van der Waals surface area (Å²) < 4.78 is 11.5. The lowest BCUT2D eigenvalue weighted by Gasteiger charge is -2.29. The van der Waals surface area contributed by atoms with Gasteiger partial charge in [0.1, 0.15) is 11.9 Å². The highest BCUT2D eigenvalue weighted by molar-refractivity contribution is 6.04. The molecule has 2 aliphatic heterocycles. The topological polar surface area (TPSA) is 54.0 Å². The molecule has 0 atom stereocenters. The Morgan fingerprint density at radius 1 is 1.07 bits per heavy atom. The van der Waals surface area contributed by atoms with Gasteiger partial charge in [0.2, 0.25) is 0 Å².